The van der Waals surface area contributed by atoms with Crippen LogP contribution in [0.2, 0.25) is 0 Å². The van der Waals surface area contributed by atoms with Gasteiger partial charge in [0.05, 0.1) is 16.6 Å². The zero-order valence-electron chi connectivity index (χ0n) is 17.5. The summed E-state index contributed by atoms with van der Waals surface area (Å²) >= 11 is 0. The van der Waals surface area contributed by atoms with Crippen molar-refractivity contribution in [1.82, 2.24) is 24.3 Å². The quantitative estimate of drug-likeness (QED) is 0.494. The molecule has 7 heteroatoms. The van der Waals surface area contributed by atoms with Gasteiger partial charge in [-0.3, -0.25) is 19.5 Å². The topological polar surface area (TPSA) is 72.2 Å². The number of nitrogens with one attached hydrogen (secondary N) is 1. The highest BCUT2D eigenvalue weighted by molar-refractivity contribution is 6.47. The van der Waals surface area contributed by atoms with Crippen LogP contribution >= 0.6 is 0 Å². The van der Waals surface area contributed by atoms with Crippen LogP contribution in [0.5, 0.6) is 0 Å². The number of nitrogens with zero attached hydrogens (tertiary/aromatic N) is 4. The Bertz CT molecular complexity index is 1360. The normalized spacial score (nSPS) is 14.4. The van der Waals surface area contributed by atoms with Crippen molar-refractivity contribution < 1.29 is 9.59 Å². The van der Waals surface area contributed by atoms with Crippen LogP contribution in [-0.2, 0) is 16.1 Å². The third kappa shape index (κ3) is 3.23. The minimum absolute atomic E-state index is 0.315. The SMILES string of the molecule is CN(C)CCCn1cc(C2=C(n3cnc4ccccc43)C(=O)NC2=O)c2ccccc21. The highest BCUT2D eigenvalue weighted by Gasteiger charge is 2.34. The van der Waals surface area contributed by atoms with Crippen molar-refractivity contribution in [3.8, 4) is 0 Å². The summed E-state index contributed by atoms with van der Waals surface area (Å²) in [5, 5.41) is 3.44. The van der Waals surface area contributed by atoms with Gasteiger partial charge in [-0.25, -0.2) is 4.98 Å². The van der Waals surface area contributed by atoms with Crippen molar-refractivity contribution in [2.24, 2.45) is 0 Å². The second-order valence-corrected chi connectivity index (χ2v) is 8.02. The lowest BCUT2D eigenvalue weighted by Gasteiger charge is -2.10. The summed E-state index contributed by atoms with van der Waals surface area (Å²) in [5.41, 5.74) is 4.06. The van der Waals surface area contributed by atoms with Crippen molar-refractivity contribution in [3.05, 3.63) is 66.6 Å². The maximum Gasteiger partial charge on any atom is 0.276 e. The standard InChI is InChI=1S/C24H23N5O2/c1-27(2)12-7-13-28-14-17(16-8-3-5-10-19(16)28)21-22(24(31)26-23(21)30)29-15-25-18-9-4-6-11-20(18)29/h3-6,8-11,14-15H,7,12-13H2,1-2H3,(H,26,30,31). The van der Waals surface area contributed by atoms with E-state index in [0.717, 1.165) is 47.0 Å². The van der Waals surface area contributed by atoms with E-state index in [2.05, 4.69) is 39.9 Å². The number of imidazole rings is 1. The van der Waals surface area contributed by atoms with E-state index < -0.39 is 5.91 Å². The fraction of sp³-hybridized carbons (Fsp3) is 0.208. The number of amides is 2. The first-order valence-electron chi connectivity index (χ1n) is 10.3. The van der Waals surface area contributed by atoms with Gasteiger partial charge in [0.25, 0.3) is 11.8 Å². The number of fused-ring (bicyclic) bond motifs is 2. The van der Waals surface area contributed by atoms with Gasteiger partial charge in [-0.2, -0.15) is 0 Å². The number of carbonyl (C=O) groups is 2. The summed E-state index contributed by atoms with van der Waals surface area (Å²) < 4.78 is 3.88. The van der Waals surface area contributed by atoms with Gasteiger partial charge in [0.1, 0.15) is 12.0 Å². The summed E-state index contributed by atoms with van der Waals surface area (Å²) in [6.07, 6.45) is 4.58. The van der Waals surface area contributed by atoms with Crippen LogP contribution in [0.15, 0.2) is 61.1 Å². The van der Waals surface area contributed by atoms with Crippen molar-refractivity contribution in [3.63, 3.8) is 0 Å². The average Bonchev–Trinajstić information content (AvgIpc) is 3.41. The molecule has 7 nitrogen and oxygen atoms in total. The molecule has 0 bridgehead atoms. The summed E-state index contributed by atoms with van der Waals surface area (Å²) in [4.78, 5) is 32.3. The number of aryl methyl sites for hydroxylation is 1. The van der Waals surface area contributed by atoms with Gasteiger partial charge < -0.3 is 9.47 Å². The zero-order valence-corrected chi connectivity index (χ0v) is 17.5. The lowest BCUT2D eigenvalue weighted by Crippen LogP contribution is -2.23. The molecular formula is C24H23N5O2. The van der Waals surface area contributed by atoms with Crippen LogP contribution in [0.4, 0.5) is 0 Å². The first-order valence-corrected chi connectivity index (χ1v) is 10.3. The smallest absolute Gasteiger partial charge is 0.276 e. The molecule has 0 unspecified atom stereocenters. The van der Waals surface area contributed by atoms with Crippen LogP contribution in [-0.4, -0.2) is 51.5 Å². The van der Waals surface area contributed by atoms with Crippen molar-refractivity contribution in [2.75, 3.05) is 20.6 Å². The Morgan fingerprint density at radius 2 is 1.71 bits per heavy atom. The maximum atomic E-state index is 12.9. The Morgan fingerprint density at radius 1 is 0.968 bits per heavy atom. The highest BCUT2D eigenvalue weighted by atomic mass is 16.2. The van der Waals surface area contributed by atoms with Gasteiger partial charge in [0.15, 0.2) is 0 Å². The predicted molar refractivity (Wildman–Crippen MR) is 121 cm³/mol. The second kappa shape index (κ2) is 7.52. The fourth-order valence-corrected chi connectivity index (χ4v) is 4.25. The van der Waals surface area contributed by atoms with E-state index in [0.29, 0.717) is 11.3 Å². The average molecular weight is 413 g/mol. The Hall–Kier alpha value is -3.71. The Balaban J connectivity index is 1.70. The molecule has 2 aromatic heterocycles. The molecule has 5 rings (SSSR count). The van der Waals surface area contributed by atoms with Crippen molar-refractivity contribution >= 4 is 45.0 Å². The minimum atomic E-state index is -0.410. The molecule has 156 valence electrons. The summed E-state index contributed by atoms with van der Waals surface area (Å²) in [6.45, 7) is 1.79. The molecule has 2 amide bonds. The van der Waals surface area contributed by atoms with Crippen molar-refractivity contribution in [1.29, 1.82) is 0 Å². The molecule has 0 radical (unpaired) electrons. The molecule has 0 saturated carbocycles. The first-order chi connectivity index (χ1) is 15.0. The minimum Gasteiger partial charge on any atom is -0.347 e. The summed E-state index contributed by atoms with van der Waals surface area (Å²) in [6, 6.07) is 15.6. The van der Waals surface area contributed by atoms with Crippen LogP contribution in [0, 0.1) is 0 Å². The number of rotatable bonds is 6. The highest BCUT2D eigenvalue weighted by Crippen LogP contribution is 2.35. The maximum absolute atomic E-state index is 12.9. The van der Waals surface area contributed by atoms with Crippen LogP contribution < -0.4 is 5.32 Å². The van der Waals surface area contributed by atoms with Crippen LogP contribution in [0.1, 0.15) is 12.0 Å². The third-order valence-electron chi connectivity index (χ3n) is 5.66. The molecule has 0 atom stereocenters. The van der Waals surface area contributed by atoms with Crippen LogP contribution in [0.3, 0.4) is 0 Å². The first kappa shape index (κ1) is 19.3. The van der Waals surface area contributed by atoms with E-state index in [9.17, 15) is 9.59 Å². The number of hydrogen-bond acceptors (Lipinski definition) is 4. The second-order valence-electron chi connectivity index (χ2n) is 8.02. The Labute approximate surface area is 179 Å². The van der Waals surface area contributed by atoms with Crippen LogP contribution in [0.25, 0.3) is 33.2 Å². The van der Waals surface area contributed by atoms with E-state index in [-0.39, 0.29) is 5.91 Å². The number of carbonyl (C=O) groups excluding carboxylic acids is 2. The van der Waals surface area contributed by atoms with Gasteiger partial charge in [0, 0.05) is 29.2 Å². The van der Waals surface area contributed by atoms with E-state index >= 15 is 0 Å². The largest absolute Gasteiger partial charge is 0.347 e. The molecule has 4 aromatic rings. The summed E-state index contributed by atoms with van der Waals surface area (Å²) in [5.74, 6) is -0.790. The van der Waals surface area contributed by atoms with E-state index in [1.54, 1.807) is 10.9 Å². The van der Waals surface area contributed by atoms with Crippen molar-refractivity contribution in [2.45, 2.75) is 13.0 Å². The number of hydrogen-bond donors (Lipinski definition) is 1. The lowest BCUT2D eigenvalue weighted by atomic mass is 10.0. The van der Waals surface area contributed by atoms with Gasteiger partial charge in [-0.05, 0) is 45.3 Å². The van der Waals surface area contributed by atoms with E-state index in [1.165, 1.54) is 0 Å². The Kier molecular flexibility index (Phi) is 4.67. The Morgan fingerprint density at radius 3 is 2.52 bits per heavy atom. The third-order valence-corrected chi connectivity index (χ3v) is 5.66. The van der Waals surface area contributed by atoms with E-state index in [4.69, 9.17) is 0 Å². The summed E-state index contributed by atoms with van der Waals surface area (Å²) in [7, 11) is 4.11. The molecule has 1 N–H and O–H groups in total. The number of imide groups is 1. The predicted octanol–water partition coefficient (Wildman–Crippen LogP) is 2.97. The fourth-order valence-electron chi connectivity index (χ4n) is 4.25. The molecule has 3 heterocycles. The molecule has 0 fully saturated rings. The monoisotopic (exact) mass is 413 g/mol. The molecule has 31 heavy (non-hydrogen) atoms. The van der Waals surface area contributed by atoms with E-state index in [1.807, 2.05) is 48.7 Å². The zero-order chi connectivity index (χ0) is 21.5. The molecule has 0 saturated heterocycles. The molecule has 1 aliphatic rings. The van der Waals surface area contributed by atoms with Gasteiger partial charge in [-0.1, -0.05) is 30.3 Å². The van der Waals surface area contributed by atoms with Gasteiger partial charge >= 0.3 is 0 Å². The molecule has 2 aromatic carbocycles. The lowest BCUT2D eigenvalue weighted by molar-refractivity contribution is -0.122. The number of para-hydroxylation sites is 3. The van der Waals surface area contributed by atoms with Gasteiger partial charge in [0.2, 0.25) is 0 Å². The molecule has 0 spiro atoms. The number of aromatic nitrogens is 3. The number of benzene rings is 2. The molecule has 1 aliphatic heterocycles. The van der Waals surface area contributed by atoms with Gasteiger partial charge in [-0.15, -0.1) is 0 Å². The molecule has 0 aliphatic carbocycles. The molecular weight excluding hydrogens is 390 g/mol.